The normalized spacial score (nSPS) is 21.6. The van der Waals surface area contributed by atoms with Gasteiger partial charge in [-0.25, -0.2) is 0 Å². The second-order valence-electron chi connectivity index (χ2n) is 5.76. The molecule has 3 rings (SSSR count). The third-order valence-corrected chi connectivity index (χ3v) is 4.37. The van der Waals surface area contributed by atoms with Gasteiger partial charge in [-0.1, -0.05) is 19.4 Å². The highest BCUT2D eigenvalue weighted by molar-refractivity contribution is 6.02. The highest BCUT2D eigenvalue weighted by atomic mass is 16.2. The van der Waals surface area contributed by atoms with E-state index in [0.29, 0.717) is 17.9 Å². The van der Waals surface area contributed by atoms with Gasteiger partial charge in [0.2, 0.25) is 5.91 Å². The number of likely N-dealkylation sites (tertiary alicyclic amines) is 1. The number of benzene rings is 1. The smallest absolute Gasteiger partial charge is 0.253 e. The second kappa shape index (κ2) is 5.27. The summed E-state index contributed by atoms with van der Waals surface area (Å²) < 4.78 is 0. The minimum Gasteiger partial charge on any atom is -0.338 e. The van der Waals surface area contributed by atoms with Crippen LogP contribution in [-0.4, -0.2) is 29.8 Å². The van der Waals surface area contributed by atoms with Gasteiger partial charge in [-0.15, -0.1) is 0 Å². The molecule has 1 fully saturated rings. The van der Waals surface area contributed by atoms with Crippen molar-refractivity contribution in [1.29, 1.82) is 0 Å². The molecule has 2 aliphatic rings. The number of nitrogens with zero attached hydrogens (tertiary/aromatic N) is 1. The number of hydrogen-bond donors (Lipinski definition) is 1. The molecule has 0 radical (unpaired) electrons. The summed E-state index contributed by atoms with van der Waals surface area (Å²) >= 11 is 0. The minimum absolute atomic E-state index is 0.00798. The summed E-state index contributed by atoms with van der Waals surface area (Å²) in [6.07, 6.45) is 3.86. The third-order valence-electron chi connectivity index (χ3n) is 4.37. The number of nitrogens with one attached hydrogen (secondary N) is 1. The van der Waals surface area contributed by atoms with Crippen molar-refractivity contribution >= 4 is 17.5 Å². The van der Waals surface area contributed by atoms with Crippen LogP contribution in [0.15, 0.2) is 18.2 Å². The summed E-state index contributed by atoms with van der Waals surface area (Å²) in [5.74, 6) is 0.725. The molecule has 106 valence electrons. The van der Waals surface area contributed by atoms with Crippen molar-refractivity contribution in [3.63, 3.8) is 0 Å². The zero-order valence-electron chi connectivity index (χ0n) is 11.8. The highest BCUT2D eigenvalue weighted by Gasteiger charge is 2.25. The van der Waals surface area contributed by atoms with E-state index in [9.17, 15) is 9.59 Å². The molecular weight excluding hydrogens is 252 g/mol. The molecule has 20 heavy (non-hydrogen) atoms. The van der Waals surface area contributed by atoms with Crippen LogP contribution >= 0.6 is 0 Å². The van der Waals surface area contributed by atoms with Crippen molar-refractivity contribution in [3.8, 4) is 0 Å². The lowest BCUT2D eigenvalue weighted by molar-refractivity contribution is -0.115. The van der Waals surface area contributed by atoms with Crippen molar-refractivity contribution in [2.75, 3.05) is 18.4 Å². The van der Waals surface area contributed by atoms with Gasteiger partial charge in [-0.2, -0.15) is 0 Å². The summed E-state index contributed by atoms with van der Waals surface area (Å²) in [6, 6.07) is 5.55. The number of carbonyl (C=O) groups excluding carboxylic acids is 2. The monoisotopic (exact) mass is 272 g/mol. The summed E-state index contributed by atoms with van der Waals surface area (Å²) in [7, 11) is 0. The number of fused-ring (bicyclic) bond motifs is 1. The first kappa shape index (κ1) is 13.2. The molecule has 0 aliphatic carbocycles. The average molecular weight is 272 g/mol. The van der Waals surface area contributed by atoms with Crippen LogP contribution in [-0.2, 0) is 11.2 Å². The predicted molar refractivity (Wildman–Crippen MR) is 77.7 cm³/mol. The van der Waals surface area contributed by atoms with E-state index in [2.05, 4.69) is 12.2 Å². The van der Waals surface area contributed by atoms with Crippen LogP contribution in [0.2, 0.25) is 0 Å². The maximum absolute atomic E-state index is 12.6. The second-order valence-corrected chi connectivity index (χ2v) is 5.76. The third kappa shape index (κ3) is 2.42. The Bertz CT molecular complexity index is 553. The first-order valence-corrected chi connectivity index (χ1v) is 7.39. The molecule has 1 atom stereocenters. The number of piperidine rings is 1. The molecule has 1 unspecified atom stereocenters. The van der Waals surface area contributed by atoms with Gasteiger partial charge in [0.15, 0.2) is 0 Å². The van der Waals surface area contributed by atoms with Crippen molar-refractivity contribution < 1.29 is 9.59 Å². The van der Waals surface area contributed by atoms with Crippen LogP contribution in [0.1, 0.15) is 42.1 Å². The van der Waals surface area contributed by atoms with E-state index in [1.165, 1.54) is 6.42 Å². The Kier molecular flexibility index (Phi) is 3.47. The van der Waals surface area contributed by atoms with E-state index in [0.717, 1.165) is 37.2 Å². The van der Waals surface area contributed by atoms with Gasteiger partial charge in [0.05, 0.1) is 6.42 Å². The molecule has 1 N–H and O–H groups in total. The van der Waals surface area contributed by atoms with Crippen molar-refractivity contribution in [2.24, 2.45) is 5.92 Å². The molecule has 0 spiro atoms. The summed E-state index contributed by atoms with van der Waals surface area (Å²) in [6.45, 7) is 3.89. The molecule has 4 nitrogen and oxygen atoms in total. The molecule has 0 aromatic heterocycles. The Morgan fingerprint density at radius 2 is 2.30 bits per heavy atom. The van der Waals surface area contributed by atoms with Gasteiger partial charge < -0.3 is 10.2 Å². The maximum atomic E-state index is 12.6. The minimum atomic E-state index is 0.00798. The summed E-state index contributed by atoms with van der Waals surface area (Å²) in [5, 5.41) is 2.81. The Hall–Kier alpha value is -1.84. The van der Waals surface area contributed by atoms with E-state index in [-0.39, 0.29) is 11.8 Å². The molecule has 4 heteroatoms. The number of rotatable bonds is 2. The van der Waals surface area contributed by atoms with Gasteiger partial charge in [0, 0.05) is 24.3 Å². The molecule has 2 aliphatic heterocycles. The van der Waals surface area contributed by atoms with Crippen molar-refractivity contribution in [2.45, 2.75) is 32.6 Å². The van der Waals surface area contributed by atoms with Crippen LogP contribution < -0.4 is 5.32 Å². The van der Waals surface area contributed by atoms with Crippen LogP contribution in [0.5, 0.6) is 0 Å². The van der Waals surface area contributed by atoms with Gasteiger partial charge in [-0.05, 0) is 36.5 Å². The van der Waals surface area contributed by atoms with E-state index in [1.807, 2.05) is 23.1 Å². The fourth-order valence-corrected chi connectivity index (χ4v) is 3.11. The Labute approximate surface area is 119 Å². The summed E-state index contributed by atoms with van der Waals surface area (Å²) in [5.41, 5.74) is 2.46. The molecule has 2 heterocycles. The molecule has 0 saturated carbocycles. The van der Waals surface area contributed by atoms with Gasteiger partial charge in [0.25, 0.3) is 5.91 Å². The van der Waals surface area contributed by atoms with E-state index in [4.69, 9.17) is 0 Å². The highest BCUT2D eigenvalue weighted by Crippen LogP contribution is 2.26. The SMILES string of the molecule is CCC1CCCN(C(=O)c2ccc3c(c2)NC(=O)C3)C1. The lowest BCUT2D eigenvalue weighted by Gasteiger charge is -2.32. The molecule has 2 amide bonds. The topological polar surface area (TPSA) is 49.4 Å². The number of amides is 2. The predicted octanol–water partition coefficient (Wildman–Crippen LogP) is 2.44. The van der Waals surface area contributed by atoms with E-state index < -0.39 is 0 Å². The number of anilines is 1. The van der Waals surface area contributed by atoms with Crippen molar-refractivity contribution in [1.82, 2.24) is 4.90 Å². The fraction of sp³-hybridized carbons (Fsp3) is 0.500. The first-order valence-electron chi connectivity index (χ1n) is 7.39. The van der Waals surface area contributed by atoms with Crippen molar-refractivity contribution in [3.05, 3.63) is 29.3 Å². The zero-order chi connectivity index (χ0) is 14.1. The van der Waals surface area contributed by atoms with Crippen LogP contribution in [0.4, 0.5) is 5.69 Å². The molecule has 0 bridgehead atoms. The quantitative estimate of drug-likeness (QED) is 0.899. The standard InChI is InChI=1S/C16H20N2O2/c1-2-11-4-3-7-18(10-11)16(20)13-6-5-12-9-15(19)17-14(12)8-13/h5-6,8,11H,2-4,7,9-10H2,1H3,(H,17,19). The zero-order valence-corrected chi connectivity index (χ0v) is 11.8. The van der Waals surface area contributed by atoms with Crippen LogP contribution in [0.3, 0.4) is 0 Å². The van der Waals surface area contributed by atoms with Crippen LogP contribution in [0.25, 0.3) is 0 Å². The Morgan fingerprint density at radius 1 is 1.45 bits per heavy atom. The van der Waals surface area contributed by atoms with Crippen LogP contribution in [0, 0.1) is 5.92 Å². The molecule has 1 saturated heterocycles. The molecule has 1 aromatic carbocycles. The van der Waals surface area contributed by atoms with Gasteiger partial charge in [0.1, 0.15) is 0 Å². The average Bonchev–Trinajstić information content (AvgIpc) is 2.85. The lowest BCUT2D eigenvalue weighted by Crippen LogP contribution is -2.39. The number of hydrogen-bond acceptors (Lipinski definition) is 2. The number of carbonyl (C=O) groups is 2. The largest absolute Gasteiger partial charge is 0.338 e. The Balaban J connectivity index is 1.77. The maximum Gasteiger partial charge on any atom is 0.253 e. The summed E-state index contributed by atoms with van der Waals surface area (Å²) in [4.78, 5) is 25.9. The molecular formula is C16H20N2O2. The van der Waals surface area contributed by atoms with Gasteiger partial charge >= 0.3 is 0 Å². The first-order chi connectivity index (χ1) is 9.67. The lowest BCUT2D eigenvalue weighted by atomic mass is 9.95. The van der Waals surface area contributed by atoms with E-state index >= 15 is 0 Å². The van der Waals surface area contributed by atoms with Gasteiger partial charge in [-0.3, -0.25) is 9.59 Å². The molecule has 1 aromatic rings. The Morgan fingerprint density at radius 3 is 3.10 bits per heavy atom. The fourth-order valence-electron chi connectivity index (χ4n) is 3.11. The van der Waals surface area contributed by atoms with E-state index in [1.54, 1.807) is 0 Å².